The summed E-state index contributed by atoms with van der Waals surface area (Å²) in [5, 5.41) is 12.4. The van der Waals surface area contributed by atoms with Gasteiger partial charge in [-0.1, -0.05) is 12.1 Å². The first-order valence-electron chi connectivity index (χ1n) is 6.04. The summed E-state index contributed by atoms with van der Waals surface area (Å²) in [6, 6.07) is 8.70. The van der Waals surface area contributed by atoms with Gasteiger partial charge in [-0.15, -0.1) is 0 Å². The molecule has 1 heterocycles. The van der Waals surface area contributed by atoms with Crippen LogP contribution in [-0.4, -0.2) is 32.0 Å². The summed E-state index contributed by atoms with van der Waals surface area (Å²) < 4.78 is 22.5. The molecule has 0 aliphatic carbocycles. The summed E-state index contributed by atoms with van der Waals surface area (Å²) >= 11 is 0. The number of carbonyl (C=O) groups excluding carboxylic acids is 1. The van der Waals surface area contributed by atoms with Crippen LogP contribution in [0.4, 0.5) is 0 Å². The maximum absolute atomic E-state index is 11.7. The number of carbonyl (C=O) groups is 1. The molecule has 1 aromatic carbocycles. The van der Waals surface area contributed by atoms with Crippen molar-refractivity contribution >= 4 is 22.0 Å². The number of benzene rings is 1. The van der Waals surface area contributed by atoms with E-state index in [4.69, 9.17) is 5.26 Å². The second-order valence-corrected chi connectivity index (χ2v) is 6.80. The lowest BCUT2D eigenvalue weighted by atomic mass is 10.1. The van der Waals surface area contributed by atoms with Crippen LogP contribution in [-0.2, 0) is 14.6 Å². The Hall–Kier alpha value is -2.20. The molecule has 1 amide bonds. The number of hydrazone groups is 1. The smallest absolute Gasteiger partial charge is 0.244 e. The summed E-state index contributed by atoms with van der Waals surface area (Å²) in [4.78, 5) is 11.7. The molecule has 1 fully saturated rings. The maximum Gasteiger partial charge on any atom is 0.244 e. The van der Waals surface area contributed by atoms with E-state index < -0.39 is 15.8 Å². The molecule has 1 N–H and O–H groups in total. The van der Waals surface area contributed by atoms with E-state index in [0.717, 1.165) is 5.56 Å². The second kappa shape index (κ2) is 5.84. The van der Waals surface area contributed by atoms with Crippen LogP contribution in [0.25, 0.3) is 0 Å². The van der Waals surface area contributed by atoms with Gasteiger partial charge in [0, 0.05) is 0 Å². The molecule has 0 unspecified atom stereocenters. The Balaban J connectivity index is 1.90. The molecule has 2 rings (SSSR count). The zero-order chi connectivity index (χ0) is 14.6. The first-order chi connectivity index (χ1) is 9.50. The summed E-state index contributed by atoms with van der Waals surface area (Å²) in [5.41, 5.74) is 3.62. The normalized spacial score (nSPS) is 20.6. The molecule has 0 spiro atoms. The van der Waals surface area contributed by atoms with Crippen molar-refractivity contribution in [2.45, 2.75) is 6.42 Å². The van der Waals surface area contributed by atoms with Crippen LogP contribution in [0, 0.1) is 17.2 Å². The van der Waals surface area contributed by atoms with Crippen LogP contribution in [0.5, 0.6) is 0 Å². The Labute approximate surface area is 117 Å². The fourth-order valence-electron chi connectivity index (χ4n) is 1.91. The molecule has 1 saturated heterocycles. The molecule has 0 saturated carbocycles. The van der Waals surface area contributed by atoms with Crippen molar-refractivity contribution in [1.29, 1.82) is 5.26 Å². The lowest BCUT2D eigenvalue weighted by Crippen LogP contribution is -2.27. The van der Waals surface area contributed by atoms with Gasteiger partial charge in [0.1, 0.15) is 0 Å². The van der Waals surface area contributed by atoms with Crippen molar-refractivity contribution in [3.05, 3.63) is 35.4 Å². The van der Waals surface area contributed by atoms with Crippen molar-refractivity contribution in [1.82, 2.24) is 5.43 Å². The topological polar surface area (TPSA) is 99.4 Å². The van der Waals surface area contributed by atoms with Gasteiger partial charge in [0.2, 0.25) is 5.91 Å². The number of hydrogen-bond donors (Lipinski definition) is 1. The number of hydrogen-bond acceptors (Lipinski definition) is 5. The van der Waals surface area contributed by atoms with Gasteiger partial charge in [-0.2, -0.15) is 10.4 Å². The highest BCUT2D eigenvalue weighted by Gasteiger charge is 2.32. The highest BCUT2D eigenvalue weighted by molar-refractivity contribution is 7.91. The Bertz CT molecular complexity index is 672. The van der Waals surface area contributed by atoms with E-state index in [0.29, 0.717) is 12.0 Å². The molecule has 104 valence electrons. The largest absolute Gasteiger partial charge is 0.273 e. The van der Waals surface area contributed by atoms with Gasteiger partial charge < -0.3 is 0 Å². The molecule has 6 nitrogen and oxygen atoms in total. The zero-order valence-electron chi connectivity index (χ0n) is 10.6. The van der Waals surface area contributed by atoms with Crippen LogP contribution in [0.3, 0.4) is 0 Å². The summed E-state index contributed by atoms with van der Waals surface area (Å²) in [6.45, 7) is 0. The van der Waals surface area contributed by atoms with Crippen LogP contribution in [0.15, 0.2) is 29.4 Å². The predicted octanol–water partition coefficient (Wildman–Crippen LogP) is 0.443. The standard InChI is InChI=1S/C13H13N3O3S/c14-7-10-1-3-11(4-2-10)8-15-16-13(17)12-5-6-20(18,19)9-12/h1-4,8,12H,5-6,9H2,(H,16,17)/b15-8-/t12-/m1/s1. The van der Waals surface area contributed by atoms with Crippen molar-refractivity contribution in [2.75, 3.05) is 11.5 Å². The van der Waals surface area contributed by atoms with Gasteiger partial charge in [0.05, 0.1) is 35.3 Å². The van der Waals surface area contributed by atoms with Crippen molar-refractivity contribution in [3.63, 3.8) is 0 Å². The summed E-state index contributed by atoms with van der Waals surface area (Å²) in [6.07, 6.45) is 1.79. The zero-order valence-corrected chi connectivity index (χ0v) is 11.4. The molecule has 1 aromatic rings. The monoisotopic (exact) mass is 291 g/mol. The SMILES string of the molecule is N#Cc1ccc(/C=N\NC(=O)[C@@H]2CCS(=O)(=O)C2)cc1. The molecule has 1 atom stereocenters. The summed E-state index contributed by atoms with van der Waals surface area (Å²) in [5.74, 6) is -0.940. The molecular formula is C13H13N3O3S. The predicted molar refractivity (Wildman–Crippen MR) is 73.7 cm³/mol. The lowest BCUT2D eigenvalue weighted by molar-refractivity contribution is -0.124. The van der Waals surface area contributed by atoms with Crippen molar-refractivity contribution in [2.24, 2.45) is 11.0 Å². The van der Waals surface area contributed by atoms with Crippen molar-refractivity contribution in [3.8, 4) is 6.07 Å². The first kappa shape index (κ1) is 14.2. The molecule has 20 heavy (non-hydrogen) atoms. The van der Waals surface area contributed by atoms with Gasteiger partial charge >= 0.3 is 0 Å². The molecule has 0 aromatic heterocycles. The fraction of sp³-hybridized carbons (Fsp3) is 0.308. The molecule has 0 bridgehead atoms. The Morgan fingerprint density at radius 1 is 1.40 bits per heavy atom. The van der Waals surface area contributed by atoms with E-state index >= 15 is 0 Å². The molecule has 1 aliphatic rings. The van der Waals surface area contributed by atoms with E-state index in [1.54, 1.807) is 24.3 Å². The third-order valence-electron chi connectivity index (χ3n) is 3.03. The van der Waals surface area contributed by atoms with Crippen LogP contribution in [0.1, 0.15) is 17.5 Å². The quantitative estimate of drug-likeness (QED) is 0.645. The average molecular weight is 291 g/mol. The van der Waals surface area contributed by atoms with E-state index in [-0.39, 0.29) is 17.4 Å². The van der Waals surface area contributed by atoms with Gasteiger partial charge in [-0.25, -0.2) is 13.8 Å². The van der Waals surface area contributed by atoms with Gasteiger partial charge in [-0.3, -0.25) is 4.79 Å². The minimum absolute atomic E-state index is 0.0599. The van der Waals surface area contributed by atoms with Gasteiger partial charge in [-0.05, 0) is 24.1 Å². The Morgan fingerprint density at radius 3 is 2.65 bits per heavy atom. The highest BCUT2D eigenvalue weighted by atomic mass is 32.2. The Kier molecular flexibility index (Phi) is 4.15. The van der Waals surface area contributed by atoms with E-state index in [1.165, 1.54) is 6.21 Å². The number of sulfone groups is 1. The third-order valence-corrected chi connectivity index (χ3v) is 4.80. The number of amides is 1. The van der Waals surface area contributed by atoms with Gasteiger partial charge in [0.15, 0.2) is 9.84 Å². The lowest BCUT2D eigenvalue weighted by Gasteiger charge is -2.04. The van der Waals surface area contributed by atoms with Crippen LogP contribution < -0.4 is 5.43 Å². The van der Waals surface area contributed by atoms with Crippen LogP contribution in [0.2, 0.25) is 0 Å². The minimum Gasteiger partial charge on any atom is -0.273 e. The minimum atomic E-state index is -3.07. The van der Waals surface area contributed by atoms with E-state index in [2.05, 4.69) is 10.5 Å². The number of nitrogens with zero attached hydrogens (tertiary/aromatic N) is 2. The van der Waals surface area contributed by atoms with Crippen molar-refractivity contribution < 1.29 is 13.2 Å². The van der Waals surface area contributed by atoms with Gasteiger partial charge in [0.25, 0.3) is 0 Å². The molecular weight excluding hydrogens is 278 g/mol. The number of nitrogens with one attached hydrogen (secondary N) is 1. The highest BCUT2D eigenvalue weighted by Crippen LogP contribution is 2.18. The third kappa shape index (κ3) is 3.65. The number of nitriles is 1. The first-order valence-corrected chi connectivity index (χ1v) is 7.86. The average Bonchev–Trinajstić information content (AvgIpc) is 2.80. The second-order valence-electron chi connectivity index (χ2n) is 4.57. The molecule has 7 heteroatoms. The number of rotatable bonds is 3. The molecule has 1 aliphatic heterocycles. The molecule has 0 radical (unpaired) electrons. The maximum atomic E-state index is 11.7. The van der Waals surface area contributed by atoms with E-state index in [9.17, 15) is 13.2 Å². The Morgan fingerprint density at radius 2 is 2.10 bits per heavy atom. The van der Waals surface area contributed by atoms with E-state index in [1.807, 2.05) is 6.07 Å². The van der Waals surface area contributed by atoms with Crippen LogP contribution >= 0.6 is 0 Å². The summed E-state index contributed by atoms with van der Waals surface area (Å²) in [7, 11) is -3.07. The fourth-order valence-corrected chi connectivity index (χ4v) is 3.65.